The highest BCUT2D eigenvalue weighted by atomic mass is 19.1. The average molecular weight is 490 g/mol. The number of halogens is 1. The predicted octanol–water partition coefficient (Wildman–Crippen LogP) is 4.80. The fourth-order valence-electron chi connectivity index (χ4n) is 3.08. The Morgan fingerprint density at radius 1 is 1.00 bits per heavy atom. The van der Waals surface area contributed by atoms with Crippen LogP contribution in [-0.4, -0.2) is 32.1 Å². The number of carbonyl (C=O) groups excluding carboxylic acids is 2. The van der Waals surface area contributed by atoms with Crippen molar-refractivity contribution in [3.05, 3.63) is 83.7 Å². The molecule has 3 rings (SSSR count). The van der Waals surface area contributed by atoms with Gasteiger partial charge in [-0.1, -0.05) is 18.2 Å². The molecule has 36 heavy (non-hydrogen) atoms. The van der Waals surface area contributed by atoms with Gasteiger partial charge in [0.25, 0.3) is 11.8 Å². The molecule has 0 aliphatic rings. The van der Waals surface area contributed by atoms with Crippen molar-refractivity contribution in [2.75, 3.05) is 31.0 Å². The van der Waals surface area contributed by atoms with Crippen LogP contribution in [0.5, 0.6) is 17.2 Å². The molecule has 0 aliphatic heterocycles. The van der Waals surface area contributed by atoms with E-state index in [0.29, 0.717) is 29.4 Å². The maximum Gasteiger partial charge on any atom is 0.266 e. The number of ether oxygens (including phenoxy) is 3. The first kappa shape index (κ1) is 25.8. The molecule has 0 radical (unpaired) electrons. The maximum atomic E-state index is 13.7. The van der Waals surface area contributed by atoms with Crippen molar-refractivity contribution >= 4 is 29.3 Å². The molecule has 3 aromatic rings. The molecule has 0 bridgehead atoms. The Kier molecular flexibility index (Phi) is 9.00. The van der Waals surface area contributed by atoms with E-state index in [1.807, 2.05) is 6.07 Å². The van der Waals surface area contributed by atoms with Gasteiger partial charge in [0.1, 0.15) is 23.2 Å². The van der Waals surface area contributed by atoms with Crippen LogP contribution in [0, 0.1) is 17.1 Å². The molecule has 0 atom stereocenters. The van der Waals surface area contributed by atoms with E-state index in [1.165, 1.54) is 31.4 Å². The van der Waals surface area contributed by atoms with Crippen LogP contribution in [0.15, 0.2) is 72.3 Å². The number of para-hydroxylation sites is 1. The summed E-state index contributed by atoms with van der Waals surface area (Å²) in [5, 5.41) is 14.6. The van der Waals surface area contributed by atoms with Crippen LogP contribution in [0.1, 0.15) is 12.5 Å². The second-order valence-electron chi connectivity index (χ2n) is 7.31. The van der Waals surface area contributed by atoms with E-state index in [1.54, 1.807) is 55.5 Å². The molecule has 0 saturated heterocycles. The van der Waals surface area contributed by atoms with E-state index < -0.39 is 17.6 Å². The number of nitriles is 1. The van der Waals surface area contributed by atoms with Gasteiger partial charge in [0.05, 0.1) is 19.4 Å². The molecule has 0 saturated carbocycles. The molecule has 0 heterocycles. The van der Waals surface area contributed by atoms with Crippen molar-refractivity contribution in [3.8, 4) is 23.3 Å². The number of hydrogen-bond donors (Lipinski definition) is 2. The minimum absolute atomic E-state index is 0.0496. The Hall–Kier alpha value is -4.84. The Bertz CT molecular complexity index is 1300. The Morgan fingerprint density at radius 2 is 1.75 bits per heavy atom. The zero-order chi connectivity index (χ0) is 25.9. The molecule has 2 amide bonds. The van der Waals surface area contributed by atoms with Gasteiger partial charge in [-0.2, -0.15) is 5.26 Å². The van der Waals surface area contributed by atoms with E-state index in [4.69, 9.17) is 14.2 Å². The molecule has 0 aliphatic carbocycles. The predicted molar refractivity (Wildman–Crippen MR) is 133 cm³/mol. The van der Waals surface area contributed by atoms with Crippen LogP contribution in [-0.2, 0) is 9.59 Å². The van der Waals surface area contributed by atoms with Crippen LogP contribution < -0.4 is 24.8 Å². The summed E-state index contributed by atoms with van der Waals surface area (Å²) >= 11 is 0. The Balaban J connectivity index is 1.70. The Labute approximate surface area is 207 Å². The summed E-state index contributed by atoms with van der Waals surface area (Å²) < 4.78 is 30.0. The number of methoxy groups -OCH3 is 1. The summed E-state index contributed by atoms with van der Waals surface area (Å²) in [5.41, 5.74) is 0.956. The van der Waals surface area contributed by atoms with Gasteiger partial charge in [-0.25, -0.2) is 4.39 Å². The lowest BCUT2D eigenvalue weighted by Crippen LogP contribution is -2.21. The van der Waals surface area contributed by atoms with Gasteiger partial charge in [0, 0.05) is 5.69 Å². The molecular formula is C27H24FN3O5. The summed E-state index contributed by atoms with van der Waals surface area (Å²) in [5.74, 6) is -0.447. The highest BCUT2D eigenvalue weighted by Gasteiger charge is 2.13. The van der Waals surface area contributed by atoms with E-state index >= 15 is 0 Å². The zero-order valence-corrected chi connectivity index (χ0v) is 19.7. The fourth-order valence-corrected chi connectivity index (χ4v) is 3.08. The first-order valence-corrected chi connectivity index (χ1v) is 10.9. The minimum atomic E-state index is -0.578. The molecule has 2 N–H and O–H groups in total. The Morgan fingerprint density at radius 3 is 2.42 bits per heavy atom. The largest absolute Gasteiger partial charge is 0.497 e. The molecular weight excluding hydrogens is 465 g/mol. The van der Waals surface area contributed by atoms with Gasteiger partial charge in [0.15, 0.2) is 18.1 Å². The topological polar surface area (TPSA) is 110 Å². The van der Waals surface area contributed by atoms with Crippen molar-refractivity contribution < 1.29 is 28.2 Å². The van der Waals surface area contributed by atoms with Crippen LogP contribution in [0.4, 0.5) is 15.8 Å². The third-order valence-electron chi connectivity index (χ3n) is 4.80. The summed E-state index contributed by atoms with van der Waals surface area (Å²) in [6.07, 6.45) is 1.41. The smallest absolute Gasteiger partial charge is 0.266 e. The van der Waals surface area contributed by atoms with Crippen molar-refractivity contribution in [3.63, 3.8) is 0 Å². The number of carbonyl (C=O) groups is 2. The second kappa shape index (κ2) is 12.6. The number of amides is 2. The number of benzene rings is 3. The summed E-state index contributed by atoms with van der Waals surface area (Å²) in [4.78, 5) is 24.8. The molecule has 0 fully saturated rings. The number of anilines is 2. The number of hydrogen-bond acceptors (Lipinski definition) is 6. The first-order chi connectivity index (χ1) is 17.4. The molecule has 184 valence electrons. The lowest BCUT2D eigenvalue weighted by molar-refractivity contribution is -0.118. The zero-order valence-electron chi connectivity index (χ0n) is 19.7. The third-order valence-corrected chi connectivity index (χ3v) is 4.80. The third kappa shape index (κ3) is 7.08. The standard InChI is InChI=1S/C27H24FN3O5/c1-3-35-25-15-18(14-19(16-29)27(33)30-20-9-11-21(34-2)12-10-20)8-13-24(25)36-17-26(32)31-23-7-5-4-6-22(23)28/h4-15H,3,17H2,1-2H3,(H,30,33)(H,31,32). The van der Waals surface area contributed by atoms with Crippen LogP contribution in [0.25, 0.3) is 6.08 Å². The monoisotopic (exact) mass is 489 g/mol. The van der Waals surface area contributed by atoms with Gasteiger partial charge in [0.2, 0.25) is 0 Å². The van der Waals surface area contributed by atoms with Crippen LogP contribution in [0.3, 0.4) is 0 Å². The van der Waals surface area contributed by atoms with E-state index in [-0.39, 0.29) is 23.6 Å². The quantitative estimate of drug-likeness (QED) is 0.313. The van der Waals surface area contributed by atoms with E-state index in [0.717, 1.165) is 0 Å². The summed E-state index contributed by atoms with van der Waals surface area (Å²) in [6.45, 7) is 1.71. The highest BCUT2D eigenvalue weighted by molar-refractivity contribution is 6.09. The van der Waals surface area contributed by atoms with Crippen LogP contribution >= 0.6 is 0 Å². The molecule has 0 spiro atoms. The number of rotatable bonds is 10. The molecule has 8 nitrogen and oxygen atoms in total. The molecule has 0 unspecified atom stereocenters. The first-order valence-electron chi connectivity index (χ1n) is 10.9. The van der Waals surface area contributed by atoms with Gasteiger partial charge < -0.3 is 24.8 Å². The normalized spacial score (nSPS) is 10.7. The van der Waals surface area contributed by atoms with Crippen molar-refractivity contribution in [1.29, 1.82) is 5.26 Å². The number of nitrogens with zero attached hydrogens (tertiary/aromatic N) is 1. The number of nitrogens with one attached hydrogen (secondary N) is 2. The minimum Gasteiger partial charge on any atom is -0.497 e. The van der Waals surface area contributed by atoms with Crippen molar-refractivity contribution in [2.45, 2.75) is 6.92 Å². The molecule has 9 heteroatoms. The summed E-state index contributed by atoms with van der Waals surface area (Å²) in [7, 11) is 1.54. The van der Waals surface area contributed by atoms with Gasteiger partial charge in [-0.15, -0.1) is 0 Å². The summed E-state index contributed by atoms with van der Waals surface area (Å²) in [6, 6.07) is 19.2. The second-order valence-corrected chi connectivity index (χ2v) is 7.31. The lowest BCUT2D eigenvalue weighted by Gasteiger charge is -2.13. The van der Waals surface area contributed by atoms with E-state index in [2.05, 4.69) is 10.6 Å². The van der Waals surface area contributed by atoms with Crippen molar-refractivity contribution in [2.24, 2.45) is 0 Å². The average Bonchev–Trinajstić information content (AvgIpc) is 2.88. The van der Waals surface area contributed by atoms with Gasteiger partial charge in [-0.05, 0) is 67.1 Å². The van der Waals surface area contributed by atoms with E-state index in [9.17, 15) is 19.2 Å². The lowest BCUT2D eigenvalue weighted by atomic mass is 10.1. The van der Waals surface area contributed by atoms with Crippen LogP contribution in [0.2, 0.25) is 0 Å². The maximum absolute atomic E-state index is 13.7. The fraction of sp³-hybridized carbons (Fsp3) is 0.148. The molecule has 3 aromatic carbocycles. The highest BCUT2D eigenvalue weighted by Crippen LogP contribution is 2.29. The van der Waals surface area contributed by atoms with Gasteiger partial charge >= 0.3 is 0 Å². The van der Waals surface area contributed by atoms with Crippen molar-refractivity contribution in [1.82, 2.24) is 0 Å². The SMILES string of the molecule is CCOc1cc(C=C(C#N)C(=O)Nc2ccc(OC)cc2)ccc1OCC(=O)Nc1ccccc1F. The van der Waals surface area contributed by atoms with Gasteiger partial charge in [-0.3, -0.25) is 9.59 Å². The molecule has 0 aromatic heterocycles.